The van der Waals surface area contributed by atoms with E-state index in [-0.39, 0.29) is 5.91 Å². The van der Waals surface area contributed by atoms with Gasteiger partial charge >= 0.3 is 0 Å². The van der Waals surface area contributed by atoms with Crippen molar-refractivity contribution >= 4 is 52.0 Å². The number of hydrogen-bond acceptors (Lipinski definition) is 2. The van der Waals surface area contributed by atoms with Crippen molar-refractivity contribution in [2.75, 3.05) is 5.32 Å². The monoisotopic (exact) mass is 324 g/mol. The molecule has 0 aliphatic heterocycles. The molecule has 0 saturated carbocycles. The second-order valence-electron chi connectivity index (χ2n) is 4.02. The minimum Gasteiger partial charge on any atom is -0.389 e. The highest BCUT2D eigenvalue weighted by atomic mass is 35.5. The van der Waals surface area contributed by atoms with Crippen LogP contribution in [0.25, 0.3) is 0 Å². The molecule has 6 heteroatoms. The van der Waals surface area contributed by atoms with E-state index in [1.165, 1.54) is 6.07 Å². The first-order chi connectivity index (χ1) is 9.47. The molecule has 0 unspecified atom stereocenters. The quantitative estimate of drug-likeness (QED) is 0.842. The van der Waals surface area contributed by atoms with Crippen LogP contribution in [-0.2, 0) is 0 Å². The zero-order valence-corrected chi connectivity index (χ0v) is 12.5. The number of benzene rings is 2. The smallest absolute Gasteiger partial charge is 0.255 e. The van der Waals surface area contributed by atoms with Crippen LogP contribution in [0.15, 0.2) is 42.5 Å². The first kappa shape index (κ1) is 14.8. The van der Waals surface area contributed by atoms with Gasteiger partial charge in [-0.3, -0.25) is 4.79 Å². The lowest BCUT2D eigenvalue weighted by atomic mass is 10.2. The van der Waals surface area contributed by atoms with Gasteiger partial charge in [0.1, 0.15) is 4.99 Å². The highest BCUT2D eigenvalue weighted by molar-refractivity contribution is 7.80. The maximum absolute atomic E-state index is 12.0. The molecule has 1 amide bonds. The topological polar surface area (TPSA) is 55.1 Å². The Morgan fingerprint density at radius 3 is 2.15 bits per heavy atom. The minimum absolute atomic E-state index is 0.272. The first-order valence-corrected chi connectivity index (χ1v) is 6.80. The molecule has 0 heterocycles. The van der Waals surface area contributed by atoms with E-state index in [0.717, 1.165) is 5.56 Å². The molecule has 3 nitrogen and oxygen atoms in total. The number of anilines is 1. The molecule has 0 aromatic heterocycles. The fraction of sp³-hybridized carbons (Fsp3) is 0. The molecule has 0 aliphatic carbocycles. The maximum atomic E-state index is 12.0. The van der Waals surface area contributed by atoms with Crippen LogP contribution >= 0.6 is 35.4 Å². The summed E-state index contributed by atoms with van der Waals surface area (Å²) in [6.45, 7) is 0. The van der Waals surface area contributed by atoms with E-state index in [0.29, 0.717) is 26.3 Å². The number of hydrogen-bond donors (Lipinski definition) is 2. The lowest BCUT2D eigenvalue weighted by molar-refractivity contribution is 0.102. The number of rotatable bonds is 3. The molecule has 0 aliphatic rings. The third kappa shape index (κ3) is 3.48. The fourth-order valence-corrected chi connectivity index (χ4v) is 1.99. The van der Waals surface area contributed by atoms with Crippen LogP contribution in [-0.4, -0.2) is 10.9 Å². The van der Waals surface area contributed by atoms with Crippen LogP contribution in [0, 0.1) is 0 Å². The maximum Gasteiger partial charge on any atom is 0.255 e. The van der Waals surface area contributed by atoms with Gasteiger partial charge in [0, 0.05) is 16.8 Å². The third-order valence-corrected chi connectivity index (χ3v) is 3.58. The number of nitrogens with one attached hydrogen (secondary N) is 1. The van der Waals surface area contributed by atoms with Gasteiger partial charge in [0.05, 0.1) is 10.0 Å². The molecule has 0 fully saturated rings. The summed E-state index contributed by atoms with van der Waals surface area (Å²) in [4.78, 5) is 12.3. The van der Waals surface area contributed by atoms with Crippen molar-refractivity contribution in [2.24, 2.45) is 5.73 Å². The average Bonchev–Trinajstić information content (AvgIpc) is 2.42. The number of amides is 1. The van der Waals surface area contributed by atoms with E-state index < -0.39 is 0 Å². The number of halogens is 2. The highest BCUT2D eigenvalue weighted by Gasteiger charge is 2.08. The van der Waals surface area contributed by atoms with Crippen LogP contribution in [0.5, 0.6) is 0 Å². The fourth-order valence-electron chi connectivity index (χ4n) is 1.56. The molecule has 0 saturated heterocycles. The summed E-state index contributed by atoms with van der Waals surface area (Å²) in [6.07, 6.45) is 0. The Morgan fingerprint density at radius 1 is 1.00 bits per heavy atom. The van der Waals surface area contributed by atoms with Gasteiger partial charge < -0.3 is 11.1 Å². The lowest BCUT2D eigenvalue weighted by Crippen LogP contribution is -2.13. The molecule has 2 aromatic carbocycles. The standard InChI is InChI=1S/C14H10Cl2N2OS/c15-11-6-3-9(7-12(11)16)14(19)18-10-4-1-8(2-5-10)13(17)20/h1-7H,(H2,17,20)(H,18,19). The molecule has 0 radical (unpaired) electrons. The van der Waals surface area contributed by atoms with E-state index in [2.05, 4.69) is 5.32 Å². The zero-order valence-electron chi connectivity index (χ0n) is 10.2. The van der Waals surface area contributed by atoms with Gasteiger partial charge in [-0.2, -0.15) is 0 Å². The van der Waals surface area contributed by atoms with Gasteiger partial charge in [-0.1, -0.05) is 35.4 Å². The van der Waals surface area contributed by atoms with Gasteiger partial charge in [0.2, 0.25) is 0 Å². The summed E-state index contributed by atoms with van der Waals surface area (Å²) in [5.41, 5.74) is 7.32. The average molecular weight is 325 g/mol. The van der Waals surface area contributed by atoms with Crippen LogP contribution in [0.2, 0.25) is 10.0 Å². The molecule has 3 N–H and O–H groups in total. The van der Waals surface area contributed by atoms with E-state index in [4.69, 9.17) is 41.2 Å². The van der Waals surface area contributed by atoms with Crippen molar-refractivity contribution in [3.63, 3.8) is 0 Å². The number of carbonyl (C=O) groups is 1. The van der Waals surface area contributed by atoms with Crippen molar-refractivity contribution < 1.29 is 4.79 Å². The van der Waals surface area contributed by atoms with Gasteiger partial charge in [0.15, 0.2) is 0 Å². The van der Waals surface area contributed by atoms with E-state index >= 15 is 0 Å². The van der Waals surface area contributed by atoms with E-state index in [1.807, 2.05) is 0 Å². The Balaban J connectivity index is 2.14. The summed E-state index contributed by atoms with van der Waals surface area (Å²) >= 11 is 16.5. The Hall–Kier alpha value is -1.62. The van der Waals surface area contributed by atoms with Crippen molar-refractivity contribution in [2.45, 2.75) is 0 Å². The first-order valence-electron chi connectivity index (χ1n) is 5.63. The van der Waals surface area contributed by atoms with Crippen LogP contribution in [0.3, 0.4) is 0 Å². The lowest BCUT2D eigenvalue weighted by Gasteiger charge is -2.07. The second kappa shape index (κ2) is 6.22. The van der Waals surface area contributed by atoms with Gasteiger partial charge in [0.25, 0.3) is 5.91 Å². The Morgan fingerprint density at radius 2 is 1.60 bits per heavy atom. The van der Waals surface area contributed by atoms with Gasteiger partial charge in [-0.15, -0.1) is 0 Å². The molecule has 102 valence electrons. The summed E-state index contributed by atoms with van der Waals surface area (Å²) in [5, 5.41) is 3.49. The van der Waals surface area contributed by atoms with Gasteiger partial charge in [-0.05, 0) is 42.5 Å². The molecule has 2 rings (SSSR count). The Labute approximate surface area is 131 Å². The predicted molar refractivity (Wildman–Crippen MR) is 86.7 cm³/mol. The van der Waals surface area contributed by atoms with Crippen molar-refractivity contribution in [1.82, 2.24) is 0 Å². The second-order valence-corrected chi connectivity index (χ2v) is 5.28. The summed E-state index contributed by atoms with van der Waals surface area (Å²) < 4.78 is 0. The molecule has 0 bridgehead atoms. The highest BCUT2D eigenvalue weighted by Crippen LogP contribution is 2.23. The number of thiocarbonyl (C=S) groups is 1. The van der Waals surface area contributed by atoms with Gasteiger partial charge in [-0.25, -0.2) is 0 Å². The predicted octanol–water partition coefficient (Wildman–Crippen LogP) is 3.88. The largest absolute Gasteiger partial charge is 0.389 e. The van der Waals surface area contributed by atoms with Crippen molar-refractivity contribution in [3.05, 3.63) is 63.6 Å². The van der Waals surface area contributed by atoms with E-state index in [9.17, 15) is 4.79 Å². The molecule has 0 spiro atoms. The minimum atomic E-state index is -0.272. The normalized spacial score (nSPS) is 10.1. The van der Waals surface area contributed by atoms with Crippen LogP contribution in [0.1, 0.15) is 15.9 Å². The number of carbonyl (C=O) groups excluding carboxylic acids is 1. The zero-order chi connectivity index (χ0) is 14.7. The summed E-state index contributed by atoms with van der Waals surface area (Å²) in [6, 6.07) is 11.6. The molecule has 20 heavy (non-hydrogen) atoms. The van der Waals surface area contributed by atoms with Crippen molar-refractivity contribution in [3.8, 4) is 0 Å². The van der Waals surface area contributed by atoms with Crippen LogP contribution in [0.4, 0.5) is 5.69 Å². The molecular weight excluding hydrogens is 315 g/mol. The SMILES string of the molecule is NC(=S)c1ccc(NC(=O)c2ccc(Cl)c(Cl)c2)cc1. The number of nitrogens with two attached hydrogens (primary N) is 1. The molecule has 2 aromatic rings. The Bertz CT molecular complexity index is 671. The summed E-state index contributed by atoms with van der Waals surface area (Å²) in [7, 11) is 0. The third-order valence-electron chi connectivity index (χ3n) is 2.61. The molecule has 0 atom stereocenters. The summed E-state index contributed by atoms with van der Waals surface area (Å²) in [5.74, 6) is -0.272. The van der Waals surface area contributed by atoms with Crippen molar-refractivity contribution in [1.29, 1.82) is 0 Å². The van der Waals surface area contributed by atoms with Crippen LogP contribution < -0.4 is 11.1 Å². The van der Waals surface area contributed by atoms with E-state index in [1.54, 1.807) is 36.4 Å². The Kier molecular flexibility index (Phi) is 4.60. The molecular formula is C14H10Cl2N2OS.